The molecule has 1 aromatic rings. The minimum absolute atomic E-state index is 0.0833. The standard InChI is InChI=1S/C28H36N2O4/c1-25(2,32-3)19-14-26-9-10-28(19,33-4)24-27(26)11-12-30(15-16-5-6-16)20(26)13-17-7-8-18(23(29)31)22(34-24)21(17)27/h7-10,16,19-20,24H,5-6,11-15H2,1-4H3,(H2,29,31). The third-order valence-corrected chi connectivity index (χ3v) is 10.8. The number of hydrogen-bond donors (Lipinski definition) is 1. The number of benzene rings is 1. The topological polar surface area (TPSA) is 74.0 Å². The van der Waals surface area contributed by atoms with Crippen LogP contribution in [0.2, 0.25) is 0 Å². The van der Waals surface area contributed by atoms with Crippen LogP contribution in [0.25, 0.3) is 0 Å². The summed E-state index contributed by atoms with van der Waals surface area (Å²) in [6, 6.07) is 4.44. The number of hydrogen-bond acceptors (Lipinski definition) is 5. The van der Waals surface area contributed by atoms with Crippen LogP contribution in [0.1, 0.15) is 61.0 Å². The second-order valence-electron chi connectivity index (χ2n) is 12.2. The van der Waals surface area contributed by atoms with Gasteiger partial charge in [0.05, 0.1) is 16.6 Å². The van der Waals surface area contributed by atoms with E-state index in [9.17, 15) is 4.79 Å². The van der Waals surface area contributed by atoms with Gasteiger partial charge in [-0.1, -0.05) is 18.2 Å². The fraction of sp³-hybridized carbons (Fsp3) is 0.679. The molecule has 1 saturated heterocycles. The molecule has 182 valence electrons. The molecule has 7 aliphatic rings. The highest BCUT2D eigenvalue weighted by molar-refractivity contribution is 5.97. The largest absolute Gasteiger partial charge is 0.485 e. The van der Waals surface area contributed by atoms with Gasteiger partial charge in [-0.25, -0.2) is 0 Å². The maximum absolute atomic E-state index is 12.5. The number of methoxy groups -OCH3 is 2. The number of amides is 1. The minimum Gasteiger partial charge on any atom is -0.485 e. The van der Waals surface area contributed by atoms with Crippen molar-refractivity contribution in [3.63, 3.8) is 0 Å². The van der Waals surface area contributed by atoms with Gasteiger partial charge in [0.2, 0.25) is 0 Å². The first kappa shape index (κ1) is 21.4. The average molecular weight is 465 g/mol. The van der Waals surface area contributed by atoms with Crippen molar-refractivity contribution in [3.05, 3.63) is 41.0 Å². The van der Waals surface area contributed by atoms with Crippen molar-refractivity contribution in [1.82, 2.24) is 4.90 Å². The maximum Gasteiger partial charge on any atom is 0.252 e. The number of nitrogens with two attached hydrogens (primary N) is 1. The van der Waals surface area contributed by atoms with Gasteiger partial charge in [-0.05, 0) is 70.0 Å². The van der Waals surface area contributed by atoms with Crippen LogP contribution < -0.4 is 10.5 Å². The smallest absolute Gasteiger partial charge is 0.252 e. The Morgan fingerprint density at radius 2 is 2.06 bits per heavy atom. The SMILES string of the molecule is COC(C)(C)C1CC23C=CC1(OC)C1Oc4c(C(N)=O)ccc5c4C12CCN(CC1CC1)C3C5. The Bertz CT molecular complexity index is 1130. The summed E-state index contributed by atoms with van der Waals surface area (Å²) in [4.78, 5) is 15.3. The quantitative estimate of drug-likeness (QED) is 0.655. The van der Waals surface area contributed by atoms with E-state index in [2.05, 4.69) is 37.0 Å². The Kier molecular flexibility index (Phi) is 4.06. The predicted molar refractivity (Wildman–Crippen MR) is 128 cm³/mol. The zero-order valence-electron chi connectivity index (χ0n) is 20.7. The molecule has 5 aliphatic carbocycles. The molecule has 2 N–H and O–H groups in total. The molecule has 2 saturated carbocycles. The number of rotatable bonds is 6. The van der Waals surface area contributed by atoms with Crippen molar-refractivity contribution < 1.29 is 19.0 Å². The molecule has 6 nitrogen and oxygen atoms in total. The van der Waals surface area contributed by atoms with Crippen molar-refractivity contribution in [2.75, 3.05) is 27.3 Å². The van der Waals surface area contributed by atoms with Gasteiger partial charge in [0.25, 0.3) is 5.91 Å². The molecule has 3 fully saturated rings. The van der Waals surface area contributed by atoms with Crippen molar-refractivity contribution >= 4 is 5.91 Å². The van der Waals surface area contributed by atoms with Gasteiger partial charge in [-0.15, -0.1) is 0 Å². The average Bonchev–Trinajstić information content (AvgIpc) is 3.57. The van der Waals surface area contributed by atoms with E-state index in [1.807, 2.05) is 13.2 Å². The molecule has 1 amide bonds. The van der Waals surface area contributed by atoms with Crippen molar-refractivity contribution in [2.24, 2.45) is 23.0 Å². The van der Waals surface area contributed by atoms with Crippen LogP contribution in [0.4, 0.5) is 0 Å². The summed E-state index contributed by atoms with van der Waals surface area (Å²) in [6.45, 7) is 6.62. The Labute approximate surface area is 201 Å². The molecule has 1 aromatic carbocycles. The summed E-state index contributed by atoms with van der Waals surface area (Å²) < 4.78 is 19.5. The third kappa shape index (κ3) is 2.22. The highest BCUT2D eigenvalue weighted by atomic mass is 16.6. The predicted octanol–water partition coefficient (Wildman–Crippen LogP) is 3.21. The molecule has 8 rings (SSSR count). The first-order chi connectivity index (χ1) is 16.2. The van der Waals surface area contributed by atoms with Gasteiger partial charge in [-0.2, -0.15) is 0 Å². The van der Waals surface area contributed by atoms with Crippen molar-refractivity contribution in [3.8, 4) is 5.75 Å². The monoisotopic (exact) mass is 464 g/mol. The van der Waals surface area contributed by atoms with Gasteiger partial charge in [0.1, 0.15) is 17.5 Å². The van der Waals surface area contributed by atoms with Crippen LogP contribution in [-0.2, 0) is 21.3 Å². The lowest BCUT2D eigenvalue weighted by Crippen LogP contribution is -2.80. The Morgan fingerprint density at radius 1 is 1.26 bits per heavy atom. The zero-order chi connectivity index (χ0) is 23.7. The number of carbonyl (C=O) groups excluding carboxylic acids is 1. The number of piperidine rings is 1. The van der Waals surface area contributed by atoms with Crippen LogP contribution in [0.5, 0.6) is 5.75 Å². The molecule has 4 bridgehead atoms. The van der Waals surface area contributed by atoms with E-state index in [-0.39, 0.29) is 22.9 Å². The molecular weight excluding hydrogens is 428 g/mol. The van der Waals surface area contributed by atoms with Gasteiger partial charge in [-0.3, -0.25) is 9.69 Å². The van der Waals surface area contributed by atoms with E-state index in [0.717, 1.165) is 37.5 Å². The highest BCUT2D eigenvalue weighted by Gasteiger charge is 2.80. The molecule has 2 heterocycles. The van der Waals surface area contributed by atoms with E-state index in [4.69, 9.17) is 19.9 Å². The molecule has 2 aliphatic heterocycles. The van der Waals surface area contributed by atoms with E-state index < -0.39 is 17.1 Å². The molecule has 0 radical (unpaired) electrons. The second kappa shape index (κ2) is 6.45. The number of ether oxygens (including phenoxy) is 3. The van der Waals surface area contributed by atoms with Gasteiger partial charge in [0, 0.05) is 43.7 Å². The lowest BCUT2D eigenvalue weighted by atomic mass is 9.36. The van der Waals surface area contributed by atoms with Gasteiger partial charge >= 0.3 is 0 Å². The van der Waals surface area contributed by atoms with E-state index in [1.54, 1.807) is 7.11 Å². The first-order valence-electron chi connectivity index (χ1n) is 12.9. The Morgan fingerprint density at radius 3 is 2.74 bits per heavy atom. The van der Waals surface area contributed by atoms with Crippen LogP contribution in [0.3, 0.4) is 0 Å². The third-order valence-electron chi connectivity index (χ3n) is 10.8. The maximum atomic E-state index is 12.5. The van der Waals surface area contributed by atoms with Crippen LogP contribution in [-0.4, -0.2) is 61.5 Å². The van der Waals surface area contributed by atoms with Gasteiger partial charge in [0.15, 0.2) is 0 Å². The van der Waals surface area contributed by atoms with Crippen molar-refractivity contribution in [1.29, 1.82) is 0 Å². The van der Waals surface area contributed by atoms with Crippen molar-refractivity contribution in [2.45, 2.75) is 74.7 Å². The van der Waals surface area contributed by atoms with Crippen LogP contribution in [0.15, 0.2) is 24.3 Å². The zero-order valence-corrected chi connectivity index (χ0v) is 20.7. The summed E-state index contributed by atoms with van der Waals surface area (Å²) in [5.74, 6) is 1.26. The molecule has 6 unspecified atom stereocenters. The van der Waals surface area contributed by atoms with E-state index in [1.165, 1.54) is 30.5 Å². The molecule has 34 heavy (non-hydrogen) atoms. The molecule has 2 spiro atoms. The molecular formula is C28H36N2O4. The molecule has 0 aromatic heterocycles. The van der Waals surface area contributed by atoms with Gasteiger partial charge < -0.3 is 19.9 Å². The number of fused-ring (bicyclic) bond motifs is 1. The Balaban J connectivity index is 1.51. The fourth-order valence-corrected chi connectivity index (χ4v) is 8.92. The number of carbonyl (C=O) groups is 1. The summed E-state index contributed by atoms with van der Waals surface area (Å²) >= 11 is 0. The van der Waals surface area contributed by atoms with Crippen LogP contribution >= 0.6 is 0 Å². The van der Waals surface area contributed by atoms with E-state index in [0.29, 0.717) is 11.6 Å². The lowest BCUT2D eigenvalue weighted by Gasteiger charge is -2.72. The fourth-order valence-electron chi connectivity index (χ4n) is 8.92. The minimum atomic E-state index is -0.632. The summed E-state index contributed by atoms with van der Waals surface area (Å²) in [5.41, 5.74) is 7.62. The summed E-state index contributed by atoms with van der Waals surface area (Å²) in [5, 5.41) is 0. The Hall–Kier alpha value is -1.89. The summed E-state index contributed by atoms with van der Waals surface area (Å²) in [7, 11) is 3.61. The number of nitrogens with zero attached hydrogens (tertiary/aromatic N) is 1. The molecule has 6 heteroatoms. The highest BCUT2D eigenvalue weighted by Crippen LogP contribution is 2.75. The van der Waals surface area contributed by atoms with E-state index >= 15 is 0 Å². The lowest BCUT2D eigenvalue weighted by molar-refractivity contribution is -0.249. The normalized spacial score (nSPS) is 41.4. The van der Waals surface area contributed by atoms with Crippen LogP contribution in [0, 0.1) is 17.3 Å². The summed E-state index contributed by atoms with van der Waals surface area (Å²) in [6.07, 6.45) is 10.3. The first-order valence-corrected chi connectivity index (χ1v) is 12.9. The second-order valence-corrected chi connectivity index (χ2v) is 12.2. The number of likely N-dealkylation sites (tertiary alicyclic amines) is 1. The molecule has 6 atom stereocenters. The number of primary amides is 1.